The Bertz CT molecular complexity index is 1170. The van der Waals surface area contributed by atoms with E-state index in [9.17, 15) is 14.0 Å². The van der Waals surface area contributed by atoms with Crippen molar-refractivity contribution in [2.75, 3.05) is 9.96 Å². The molecule has 0 saturated carbocycles. The maximum absolute atomic E-state index is 13.6. The second-order valence-electron chi connectivity index (χ2n) is 7.61. The first-order valence-corrected chi connectivity index (χ1v) is 10.2. The molecule has 0 spiro atoms. The topological polar surface area (TPSA) is 49.9 Å². The van der Waals surface area contributed by atoms with Gasteiger partial charge in [-0.25, -0.2) is 14.4 Å². The van der Waals surface area contributed by atoms with Gasteiger partial charge in [0, 0.05) is 5.02 Å². The second-order valence-corrected chi connectivity index (χ2v) is 8.01. The number of benzene rings is 3. The summed E-state index contributed by atoms with van der Waals surface area (Å²) in [6.07, 6.45) is -0.985. The lowest BCUT2D eigenvalue weighted by molar-refractivity contribution is -0.126. The first-order chi connectivity index (χ1) is 15.0. The number of nitrogens with zero attached hydrogens (tertiary/aromatic N) is 2. The number of hydroxylamine groups is 1. The number of anilines is 2. The van der Waals surface area contributed by atoms with Crippen LogP contribution in [0.5, 0.6) is 0 Å². The first kappa shape index (κ1) is 19.7. The van der Waals surface area contributed by atoms with Crippen LogP contribution in [-0.2, 0) is 14.4 Å². The fourth-order valence-corrected chi connectivity index (χ4v) is 4.46. The molecule has 31 heavy (non-hydrogen) atoms. The largest absolute Gasteiger partial charge is 0.273 e. The van der Waals surface area contributed by atoms with Gasteiger partial charge in [-0.1, -0.05) is 48.0 Å². The number of fused-ring (bicyclic) bond motifs is 1. The monoisotopic (exact) mass is 436 g/mol. The Morgan fingerprint density at radius 2 is 1.61 bits per heavy atom. The number of imide groups is 1. The Kier molecular flexibility index (Phi) is 4.76. The van der Waals surface area contributed by atoms with Crippen LogP contribution in [0.25, 0.3) is 0 Å². The number of carbonyl (C=O) groups is 2. The Balaban J connectivity index is 1.60. The maximum atomic E-state index is 13.6. The molecule has 3 unspecified atom stereocenters. The van der Waals surface area contributed by atoms with Gasteiger partial charge in [0.1, 0.15) is 11.7 Å². The lowest BCUT2D eigenvalue weighted by atomic mass is 9.90. The van der Waals surface area contributed by atoms with Crippen molar-refractivity contribution in [3.05, 3.63) is 94.8 Å². The molecule has 3 aromatic rings. The van der Waals surface area contributed by atoms with Crippen LogP contribution in [0.2, 0.25) is 5.02 Å². The Labute approximate surface area is 183 Å². The van der Waals surface area contributed by atoms with Crippen LogP contribution in [0, 0.1) is 18.7 Å². The minimum Gasteiger partial charge on any atom is -0.273 e. The normalized spacial score (nSPS) is 22.9. The quantitative estimate of drug-likeness (QED) is 0.551. The molecule has 0 radical (unpaired) electrons. The van der Waals surface area contributed by atoms with E-state index in [1.807, 2.05) is 30.3 Å². The van der Waals surface area contributed by atoms with E-state index in [4.69, 9.17) is 16.4 Å². The van der Waals surface area contributed by atoms with Gasteiger partial charge in [-0.3, -0.25) is 14.4 Å². The third-order valence-corrected chi connectivity index (χ3v) is 6.23. The molecule has 2 saturated heterocycles. The van der Waals surface area contributed by atoms with Gasteiger partial charge in [-0.05, 0) is 54.4 Å². The number of para-hydroxylation sites is 1. The van der Waals surface area contributed by atoms with Crippen molar-refractivity contribution >= 4 is 34.8 Å². The molecule has 0 aromatic heterocycles. The van der Waals surface area contributed by atoms with Gasteiger partial charge in [-0.2, -0.15) is 0 Å². The number of carbonyl (C=O) groups excluding carboxylic acids is 2. The van der Waals surface area contributed by atoms with Gasteiger partial charge in [0.2, 0.25) is 5.91 Å². The van der Waals surface area contributed by atoms with E-state index in [1.165, 1.54) is 12.1 Å². The molecule has 2 aliphatic heterocycles. The Morgan fingerprint density at radius 3 is 2.32 bits per heavy atom. The fourth-order valence-electron chi connectivity index (χ4n) is 4.29. The summed E-state index contributed by atoms with van der Waals surface area (Å²) in [6, 6.07) is 19.7. The summed E-state index contributed by atoms with van der Waals surface area (Å²) >= 11 is 6.23. The number of rotatable bonds is 3. The van der Waals surface area contributed by atoms with E-state index in [0.717, 1.165) is 4.90 Å². The summed E-state index contributed by atoms with van der Waals surface area (Å²) in [6.45, 7) is 1.76. The standard InChI is InChI=1S/C24H18ClFN2O3/c1-14-18(25)8-5-9-19(14)27-23(29)20-21(15-10-12-16(26)13-11-15)28(31-22(20)24(27)30)17-6-3-2-4-7-17/h2-13,20-22H,1H3. The summed E-state index contributed by atoms with van der Waals surface area (Å²) < 4.78 is 13.6. The smallest absolute Gasteiger partial charge is 0.266 e. The summed E-state index contributed by atoms with van der Waals surface area (Å²) in [5.74, 6) is -1.97. The maximum Gasteiger partial charge on any atom is 0.266 e. The second kappa shape index (κ2) is 7.48. The molecule has 156 valence electrons. The predicted molar refractivity (Wildman–Crippen MR) is 115 cm³/mol. The molecule has 5 rings (SSSR count). The summed E-state index contributed by atoms with van der Waals surface area (Å²) in [5, 5.41) is 2.05. The first-order valence-electron chi connectivity index (χ1n) is 9.87. The number of hydrogen-bond donors (Lipinski definition) is 0. The lowest BCUT2D eigenvalue weighted by Crippen LogP contribution is -2.37. The highest BCUT2D eigenvalue weighted by atomic mass is 35.5. The lowest BCUT2D eigenvalue weighted by Gasteiger charge is -2.29. The SMILES string of the molecule is Cc1c(Cl)cccc1N1C(=O)C2ON(c3ccccc3)C(c3ccc(F)cc3)C2C1=O. The van der Waals surface area contributed by atoms with Gasteiger partial charge in [0.05, 0.1) is 17.4 Å². The van der Waals surface area contributed by atoms with Gasteiger partial charge >= 0.3 is 0 Å². The highest BCUT2D eigenvalue weighted by Gasteiger charge is 2.60. The zero-order chi connectivity index (χ0) is 21.7. The van der Waals surface area contributed by atoms with Crippen LogP contribution < -0.4 is 9.96 Å². The van der Waals surface area contributed by atoms with Gasteiger partial charge < -0.3 is 0 Å². The molecule has 5 nitrogen and oxygen atoms in total. The third-order valence-electron chi connectivity index (χ3n) is 5.82. The van der Waals surface area contributed by atoms with E-state index in [-0.39, 0.29) is 11.7 Å². The Hall–Kier alpha value is -3.22. The highest BCUT2D eigenvalue weighted by molar-refractivity contribution is 6.32. The zero-order valence-electron chi connectivity index (χ0n) is 16.5. The van der Waals surface area contributed by atoms with Crippen molar-refractivity contribution in [2.45, 2.75) is 19.1 Å². The van der Waals surface area contributed by atoms with Crippen molar-refractivity contribution in [3.63, 3.8) is 0 Å². The number of halogens is 2. The molecule has 7 heteroatoms. The molecular weight excluding hydrogens is 419 g/mol. The Morgan fingerprint density at radius 1 is 0.903 bits per heavy atom. The van der Waals surface area contributed by atoms with E-state index in [2.05, 4.69) is 0 Å². The minimum absolute atomic E-state index is 0.367. The summed E-state index contributed by atoms with van der Waals surface area (Å²) in [5.41, 5.74) is 2.48. The molecule has 2 aliphatic rings. The minimum atomic E-state index is -0.985. The van der Waals surface area contributed by atoms with E-state index in [0.29, 0.717) is 27.5 Å². The molecule has 3 atom stereocenters. The predicted octanol–water partition coefficient (Wildman–Crippen LogP) is 4.84. The third kappa shape index (κ3) is 3.10. The fraction of sp³-hybridized carbons (Fsp3) is 0.167. The van der Waals surface area contributed by atoms with E-state index < -0.39 is 24.0 Å². The molecule has 0 N–H and O–H groups in total. The molecule has 2 heterocycles. The average molecular weight is 437 g/mol. The molecule has 3 aromatic carbocycles. The van der Waals surface area contributed by atoms with Gasteiger partial charge in [0.25, 0.3) is 5.91 Å². The van der Waals surface area contributed by atoms with Crippen molar-refractivity contribution in [1.82, 2.24) is 0 Å². The van der Waals surface area contributed by atoms with Crippen molar-refractivity contribution < 1.29 is 18.8 Å². The van der Waals surface area contributed by atoms with Crippen LogP contribution >= 0.6 is 11.6 Å². The van der Waals surface area contributed by atoms with Crippen molar-refractivity contribution in [3.8, 4) is 0 Å². The number of hydrogen-bond acceptors (Lipinski definition) is 4. The van der Waals surface area contributed by atoms with E-state index in [1.54, 1.807) is 42.3 Å². The molecule has 0 aliphatic carbocycles. The van der Waals surface area contributed by atoms with Crippen LogP contribution in [0.4, 0.5) is 15.8 Å². The molecule has 2 fully saturated rings. The van der Waals surface area contributed by atoms with Crippen molar-refractivity contribution in [2.24, 2.45) is 5.92 Å². The van der Waals surface area contributed by atoms with E-state index >= 15 is 0 Å². The van der Waals surface area contributed by atoms with Crippen LogP contribution in [0.3, 0.4) is 0 Å². The van der Waals surface area contributed by atoms with Gasteiger partial charge in [0.15, 0.2) is 6.10 Å². The van der Waals surface area contributed by atoms with Crippen LogP contribution in [0.1, 0.15) is 17.2 Å². The van der Waals surface area contributed by atoms with Crippen molar-refractivity contribution in [1.29, 1.82) is 0 Å². The molecule has 0 bridgehead atoms. The number of amides is 2. The zero-order valence-corrected chi connectivity index (χ0v) is 17.3. The average Bonchev–Trinajstić information content (AvgIpc) is 3.28. The van der Waals surface area contributed by atoms with Gasteiger partial charge in [-0.15, -0.1) is 0 Å². The highest BCUT2D eigenvalue weighted by Crippen LogP contribution is 2.48. The molecule has 2 amide bonds. The van der Waals surface area contributed by atoms with Crippen LogP contribution in [0.15, 0.2) is 72.8 Å². The summed E-state index contributed by atoms with van der Waals surface area (Å²) in [7, 11) is 0. The summed E-state index contributed by atoms with van der Waals surface area (Å²) in [4.78, 5) is 34.1. The molecular formula is C24H18ClFN2O3. The van der Waals surface area contributed by atoms with Crippen LogP contribution in [-0.4, -0.2) is 17.9 Å².